The zero-order valence-electron chi connectivity index (χ0n) is 17.4. The van der Waals surface area contributed by atoms with Gasteiger partial charge in [0.15, 0.2) is 0 Å². The second-order valence-electron chi connectivity index (χ2n) is 8.40. The number of carbonyl (C=O) groups excluding carboxylic acids is 2. The van der Waals surface area contributed by atoms with Crippen LogP contribution < -0.4 is 10.1 Å². The molecule has 0 radical (unpaired) electrons. The molecule has 1 aromatic carbocycles. The highest BCUT2D eigenvalue weighted by Crippen LogP contribution is 2.32. The largest absolute Gasteiger partial charge is 0.487 e. The Hall–Kier alpha value is -3.35. The molecule has 0 spiro atoms. The average molecular weight is 418 g/mol. The molecule has 1 saturated heterocycles. The van der Waals surface area contributed by atoms with Gasteiger partial charge in [0, 0.05) is 43.2 Å². The van der Waals surface area contributed by atoms with E-state index >= 15 is 0 Å². The van der Waals surface area contributed by atoms with Crippen LogP contribution in [-0.2, 0) is 16.2 Å². The molecule has 2 amide bonds. The molecule has 2 aromatic heterocycles. The van der Waals surface area contributed by atoms with Gasteiger partial charge in [-0.15, -0.1) is 0 Å². The smallest absolute Gasteiger partial charge is 0.229 e. The van der Waals surface area contributed by atoms with E-state index in [1.807, 2.05) is 64.2 Å². The fraction of sp³-hybridized carbons (Fsp3) is 0.375. The molecular weight excluding hydrogens is 392 g/mol. The number of pyridine rings is 1. The third kappa shape index (κ3) is 4.55. The van der Waals surface area contributed by atoms with Crippen molar-refractivity contribution in [3.63, 3.8) is 0 Å². The molecule has 31 heavy (non-hydrogen) atoms. The molecule has 7 heteroatoms. The fourth-order valence-corrected chi connectivity index (χ4v) is 4.10. The van der Waals surface area contributed by atoms with Gasteiger partial charge < -0.3 is 19.4 Å². The summed E-state index contributed by atoms with van der Waals surface area (Å²) >= 11 is 0. The summed E-state index contributed by atoms with van der Waals surface area (Å²) in [7, 11) is 0. The minimum absolute atomic E-state index is 0.0363. The Kier molecular flexibility index (Phi) is 5.32. The van der Waals surface area contributed by atoms with Crippen molar-refractivity contribution in [1.29, 1.82) is 0 Å². The number of nitrogens with zero attached hydrogens (tertiary/aromatic N) is 3. The van der Waals surface area contributed by atoms with Gasteiger partial charge in [-0.2, -0.15) is 0 Å². The third-order valence-electron chi connectivity index (χ3n) is 5.93. The molecule has 1 saturated carbocycles. The summed E-state index contributed by atoms with van der Waals surface area (Å²) in [6, 6.07) is 13.3. The predicted molar refractivity (Wildman–Crippen MR) is 117 cm³/mol. The number of fused-ring (bicyclic) bond motifs is 1. The predicted octanol–water partition coefficient (Wildman–Crippen LogP) is 3.50. The summed E-state index contributed by atoms with van der Waals surface area (Å²) in [5.74, 6) is 0.886. The Morgan fingerprint density at radius 3 is 2.84 bits per heavy atom. The van der Waals surface area contributed by atoms with Gasteiger partial charge in [0.1, 0.15) is 18.0 Å². The molecular formula is C24H26N4O3. The van der Waals surface area contributed by atoms with E-state index in [0.717, 1.165) is 43.6 Å². The van der Waals surface area contributed by atoms with Crippen molar-refractivity contribution in [2.75, 3.05) is 18.4 Å². The van der Waals surface area contributed by atoms with Crippen LogP contribution in [-0.4, -0.2) is 39.2 Å². The van der Waals surface area contributed by atoms with Crippen molar-refractivity contribution >= 4 is 23.1 Å². The Morgan fingerprint density at radius 2 is 2.00 bits per heavy atom. The van der Waals surface area contributed by atoms with E-state index in [4.69, 9.17) is 4.74 Å². The highest BCUT2D eigenvalue weighted by atomic mass is 16.5. The number of amides is 2. The van der Waals surface area contributed by atoms with Gasteiger partial charge in [-0.3, -0.25) is 9.59 Å². The summed E-state index contributed by atoms with van der Waals surface area (Å²) in [6.07, 6.45) is 7.57. The van der Waals surface area contributed by atoms with Crippen LogP contribution in [0.4, 0.5) is 5.69 Å². The first-order valence-electron chi connectivity index (χ1n) is 10.9. The number of ether oxygens (including phenoxy) is 1. The molecule has 7 nitrogen and oxygen atoms in total. The molecule has 1 aliphatic heterocycles. The van der Waals surface area contributed by atoms with Gasteiger partial charge in [0.25, 0.3) is 0 Å². The summed E-state index contributed by atoms with van der Waals surface area (Å²) < 4.78 is 7.85. The van der Waals surface area contributed by atoms with E-state index in [2.05, 4.69) is 10.3 Å². The molecule has 1 atom stereocenters. The number of hydrogen-bond acceptors (Lipinski definition) is 4. The number of anilines is 1. The lowest BCUT2D eigenvalue weighted by molar-refractivity contribution is -0.135. The SMILES string of the molecule is O=C(Nc1cccc(OCc2cn3ccccc3n2)c1)C1CCCN(C(=O)C2CC2)C1. The number of benzene rings is 1. The lowest BCUT2D eigenvalue weighted by Crippen LogP contribution is -2.44. The van der Waals surface area contributed by atoms with Crippen molar-refractivity contribution in [1.82, 2.24) is 14.3 Å². The first kappa shape index (κ1) is 19.6. The first-order valence-corrected chi connectivity index (χ1v) is 10.9. The molecule has 160 valence electrons. The van der Waals surface area contributed by atoms with Crippen molar-refractivity contribution in [2.45, 2.75) is 32.3 Å². The quantitative estimate of drug-likeness (QED) is 0.665. The third-order valence-corrected chi connectivity index (χ3v) is 5.93. The van der Waals surface area contributed by atoms with Crippen molar-refractivity contribution < 1.29 is 14.3 Å². The average Bonchev–Trinajstić information content (AvgIpc) is 3.56. The second kappa shape index (κ2) is 8.41. The molecule has 1 N–H and O–H groups in total. The Labute approximate surface area is 181 Å². The molecule has 3 heterocycles. The topological polar surface area (TPSA) is 75.9 Å². The number of imidazole rings is 1. The number of carbonyl (C=O) groups is 2. The minimum Gasteiger partial charge on any atom is -0.487 e. The van der Waals surface area contributed by atoms with Crippen LogP contribution >= 0.6 is 0 Å². The van der Waals surface area contributed by atoms with Gasteiger partial charge in [0.05, 0.1) is 11.6 Å². The normalized spacial score (nSPS) is 18.7. The molecule has 0 bridgehead atoms. The highest BCUT2D eigenvalue weighted by Gasteiger charge is 2.36. The number of rotatable bonds is 6. The van der Waals surface area contributed by atoms with Crippen LogP contribution in [0.15, 0.2) is 54.9 Å². The zero-order valence-corrected chi connectivity index (χ0v) is 17.4. The van der Waals surface area contributed by atoms with Gasteiger partial charge in [-0.1, -0.05) is 12.1 Å². The first-order chi connectivity index (χ1) is 15.2. The fourth-order valence-electron chi connectivity index (χ4n) is 4.10. The van der Waals surface area contributed by atoms with E-state index in [1.165, 1.54) is 0 Å². The van der Waals surface area contributed by atoms with Crippen LogP contribution in [0.5, 0.6) is 5.75 Å². The van der Waals surface area contributed by atoms with E-state index < -0.39 is 0 Å². The number of piperidine rings is 1. The minimum atomic E-state index is -0.168. The summed E-state index contributed by atoms with van der Waals surface area (Å²) in [5.41, 5.74) is 2.41. The molecule has 1 aliphatic carbocycles. The number of likely N-dealkylation sites (tertiary alicyclic amines) is 1. The maximum absolute atomic E-state index is 12.8. The Bertz CT molecular complexity index is 1070. The highest BCUT2D eigenvalue weighted by molar-refractivity contribution is 5.93. The van der Waals surface area contributed by atoms with Gasteiger partial charge in [0.2, 0.25) is 11.8 Å². The van der Waals surface area contributed by atoms with Crippen LogP contribution in [0.3, 0.4) is 0 Å². The Balaban J connectivity index is 1.18. The van der Waals surface area contributed by atoms with E-state index in [9.17, 15) is 9.59 Å². The molecule has 5 rings (SSSR count). The standard InChI is InChI=1S/C24H26N4O3/c29-23(18-5-4-12-28(14-18)24(30)17-9-10-17)26-19-6-3-7-21(13-19)31-16-20-15-27-11-2-1-8-22(27)25-20/h1-3,6-8,11,13,15,17-18H,4-5,9-10,12,14,16H2,(H,26,29). The zero-order chi connectivity index (χ0) is 21.2. The molecule has 2 fully saturated rings. The maximum Gasteiger partial charge on any atom is 0.229 e. The van der Waals surface area contributed by atoms with Gasteiger partial charge in [-0.25, -0.2) is 4.98 Å². The lowest BCUT2D eigenvalue weighted by Gasteiger charge is -2.32. The van der Waals surface area contributed by atoms with Crippen molar-refractivity contribution in [2.24, 2.45) is 11.8 Å². The summed E-state index contributed by atoms with van der Waals surface area (Å²) in [6.45, 7) is 1.64. The van der Waals surface area contributed by atoms with E-state index in [-0.39, 0.29) is 23.7 Å². The molecule has 3 aromatic rings. The number of hydrogen-bond donors (Lipinski definition) is 1. The number of nitrogens with one attached hydrogen (secondary N) is 1. The molecule has 2 aliphatic rings. The van der Waals surface area contributed by atoms with Crippen LogP contribution in [0.1, 0.15) is 31.4 Å². The number of aromatic nitrogens is 2. The van der Waals surface area contributed by atoms with Crippen LogP contribution in [0.25, 0.3) is 5.65 Å². The van der Waals surface area contributed by atoms with Crippen molar-refractivity contribution in [3.05, 3.63) is 60.6 Å². The lowest BCUT2D eigenvalue weighted by atomic mass is 9.96. The second-order valence-corrected chi connectivity index (χ2v) is 8.40. The van der Waals surface area contributed by atoms with E-state index in [1.54, 1.807) is 0 Å². The summed E-state index contributed by atoms with van der Waals surface area (Å²) in [5, 5.41) is 3.00. The van der Waals surface area contributed by atoms with E-state index in [0.29, 0.717) is 24.6 Å². The van der Waals surface area contributed by atoms with Crippen LogP contribution in [0, 0.1) is 11.8 Å². The Morgan fingerprint density at radius 1 is 1.10 bits per heavy atom. The van der Waals surface area contributed by atoms with Gasteiger partial charge in [-0.05, 0) is 49.9 Å². The molecule has 1 unspecified atom stereocenters. The van der Waals surface area contributed by atoms with Crippen molar-refractivity contribution in [3.8, 4) is 5.75 Å². The maximum atomic E-state index is 12.8. The summed E-state index contributed by atoms with van der Waals surface area (Å²) in [4.78, 5) is 31.6. The van der Waals surface area contributed by atoms with Gasteiger partial charge >= 0.3 is 0 Å². The monoisotopic (exact) mass is 418 g/mol. The van der Waals surface area contributed by atoms with Crippen LogP contribution in [0.2, 0.25) is 0 Å².